The highest BCUT2D eigenvalue weighted by molar-refractivity contribution is 7.10. The molecular weight excluding hydrogens is 278 g/mol. The van der Waals surface area contributed by atoms with Crippen LogP contribution in [-0.2, 0) is 6.42 Å². The normalized spacial score (nSPS) is 13.9. The van der Waals surface area contributed by atoms with Gasteiger partial charge in [0.2, 0.25) is 0 Å². The molecule has 0 saturated heterocycles. The maximum Gasteiger partial charge on any atom is 0.148 e. The molecule has 2 N–H and O–H groups in total. The molecule has 2 rings (SSSR count). The van der Waals surface area contributed by atoms with Crippen LogP contribution in [0.2, 0.25) is 0 Å². The first-order valence-corrected chi connectivity index (χ1v) is 8.55. The Morgan fingerprint density at radius 2 is 1.90 bits per heavy atom. The molecule has 21 heavy (non-hydrogen) atoms. The van der Waals surface area contributed by atoms with Crippen LogP contribution in [0, 0.1) is 6.92 Å². The van der Waals surface area contributed by atoms with Crippen molar-refractivity contribution in [3.8, 4) is 5.75 Å². The number of rotatable bonds is 7. The summed E-state index contributed by atoms with van der Waals surface area (Å²) in [5, 5.41) is 2.09. The molecule has 2 nitrogen and oxygen atoms in total. The summed E-state index contributed by atoms with van der Waals surface area (Å²) in [6.07, 6.45) is 3.52. The molecule has 0 radical (unpaired) electrons. The molecule has 0 spiro atoms. The molecule has 114 valence electrons. The fraction of sp³-hybridized carbons (Fsp3) is 0.444. The highest BCUT2D eigenvalue weighted by Gasteiger charge is 2.21. The van der Waals surface area contributed by atoms with Crippen molar-refractivity contribution < 1.29 is 4.74 Å². The van der Waals surface area contributed by atoms with Crippen LogP contribution >= 0.6 is 11.3 Å². The zero-order chi connectivity index (χ0) is 15.2. The van der Waals surface area contributed by atoms with Crippen LogP contribution in [0.15, 0.2) is 35.7 Å². The van der Waals surface area contributed by atoms with Gasteiger partial charge >= 0.3 is 0 Å². The summed E-state index contributed by atoms with van der Waals surface area (Å²) >= 11 is 1.71. The van der Waals surface area contributed by atoms with Gasteiger partial charge in [-0.2, -0.15) is 0 Å². The van der Waals surface area contributed by atoms with Gasteiger partial charge in [-0.05, 0) is 61.4 Å². The van der Waals surface area contributed by atoms with Crippen LogP contribution in [0.1, 0.15) is 48.8 Å². The highest BCUT2D eigenvalue weighted by atomic mass is 32.1. The first-order chi connectivity index (χ1) is 10.1. The van der Waals surface area contributed by atoms with Gasteiger partial charge in [0.25, 0.3) is 0 Å². The van der Waals surface area contributed by atoms with Crippen LogP contribution in [-0.4, -0.2) is 6.04 Å². The number of thiophene rings is 1. The van der Waals surface area contributed by atoms with E-state index in [2.05, 4.69) is 49.6 Å². The highest BCUT2D eigenvalue weighted by Crippen LogP contribution is 2.30. The number of ether oxygens (including phenoxy) is 1. The standard InChI is InChI=1S/C18H25NOS/c1-4-5-6-15-7-9-16(10-8-15)20-17(14(3)19)18-13(2)11-12-21-18/h7-12,14,17H,4-6,19H2,1-3H3. The summed E-state index contributed by atoms with van der Waals surface area (Å²) in [7, 11) is 0. The lowest BCUT2D eigenvalue weighted by Crippen LogP contribution is -2.28. The number of aryl methyl sites for hydroxylation is 2. The maximum atomic E-state index is 6.15. The maximum absolute atomic E-state index is 6.15. The molecule has 2 aromatic rings. The molecular formula is C18H25NOS. The third-order valence-corrected chi connectivity index (χ3v) is 4.72. The Kier molecular flexibility index (Phi) is 5.83. The smallest absolute Gasteiger partial charge is 0.148 e. The first-order valence-electron chi connectivity index (χ1n) is 7.67. The summed E-state index contributed by atoms with van der Waals surface area (Å²) in [6, 6.07) is 10.5. The van der Waals surface area contributed by atoms with Gasteiger partial charge in [0, 0.05) is 10.9 Å². The zero-order valence-corrected chi connectivity index (χ0v) is 14.0. The molecule has 0 aliphatic carbocycles. The fourth-order valence-electron chi connectivity index (χ4n) is 2.34. The zero-order valence-electron chi connectivity index (χ0n) is 13.1. The summed E-state index contributed by atoms with van der Waals surface area (Å²) in [5.41, 5.74) is 8.74. The Labute approximate surface area is 132 Å². The van der Waals surface area contributed by atoms with Crippen LogP contribution in [0.3, 0.4) is 0 Å². The lowest BCUT2D eigenvalue weighted by molar-refractivity contribution is 0.183. The van der Waals surface area contributed by atoms with Gasteiger partial charge < -0.3 is 10.5 Å². The first kappa shape index (κ1) is 16.1. The summed E-state index contributed by atoms with van der Waals surface area (Å²) in [6.45, 7) is 6.33. The SMILES string of the molecule is CCCCc1ccc(OC(c2sccc2C)C(C)N)cc1. The number of nitrogens with two attached hydrogens (primary N) is 1. The van der Waals surface area contributed by atoms with Crippen LogP contribution < -0.4 is 10.5 Å². The minimum atomic E-state index is -0.0773. The largest absolute Gasteiger partial charge is 0.483 e. The van der Waals surface area contributed by atoms with Gasteiger partial charge in [0.05, 0.1) is 0 Å². The Morgan fingerprint density at radius 1 is 1.19 bits per heavy atom. The van der Waals surface area contributed by atoms with E-state index in [0.717, 1.165) is 12.2 Å². The van der Waals surface area contributed by atoms with E-state index in [1.165, 1.54) is 28.8 Å². The molecule has 0 fully saturated rings. The quantitative estimate of drug-likeness (QED) is 0.792. The molecule has 0 aliphatic heterocycles. The number of hydrogen-bond donors (Lipinski definition) is 1. The predicted molar refractivity (Wildman–Crippen MR) is 91.1 cm³/mol. The molecule has 0 amide bonds. The van der Waals surface area contributed by atoms with Crippen molar-refractivity contribution in [3.05, 3.63) is 51.7 Å². The number of benzene rings is 1. The van der Waals surface area contributed by atoms with E-state index < -0.39 is 0 Å². The monoisotopic (exact) mass is 303 g/mol. The second kappa shape index (κ2) is 7.62. The Bertz CT molecular complexity index is 545. The van der Waals surface area contributed by atoms with Gasteiger partial charge in [0.1, 0.15) is 11.9 Å². The van der Waals surface area contributed by atoms with Gasteiger partial charge in [-0.25, -0.2) is 0 Å². The molecule has 1 heterocycles. The molecule has 2 atom stereocenters. The van der Waals surface area contributed by atoms with Crippen molar-refractivity contribution >= 4 is 11.3 Å². The second-order valence-corrected chi connectivity index (χ2v) is 6.56. The van der Waals surface area contributed by atoms with E-state index in [4.69, 9.17) is 10.5 Å². The van der Waals surface area contributed by atoms with E-state index in [0.29, 0.717) is 0 Å². The van der Waals surface area contributed by atoms with E-state index >= 15 is 0 Å². The summed E-state index contributed by atoms with van der Waals surface area (Å²) in [4.78, 5) is 1.22. The van der Waals surface area contributed by atoms with E-state index in [9.17, 15) is 0 Å². The summed E-state index contributed by atoms with van der Waals surface area (Å²) < 4.78 is 6.15. The molecule has 0 bridgehead atoms. The lowest BCUT2D eigenvalue weighted by Gasteiger charge is -2.22. The second-order valence-electron chi connectivity index (χ2n) is 5.61. The minimum Gasteiger partial charge on any atom is -0.483 e. The van der Waals surface area contributed by atoms with Gasteiger partial charge in [-0.15, -0.1) is 11.3 Å². The van der Waals surface area contributed by atoms with Crippen molar-refractivity contribution in [1.82, 2.24) is 0 Å². The van der Waals surface area contributed by atoms with Gasteiger partial charge in [0.15, 0.2) is 0 Å². The molecule has 3 heteroatoms. The Balaban J connectivity index is 2.09. The average Bonchev–Trinajstić information content (AvgIpc) is 2.89. The van der Waals surface area contributed by atoms with Crippen molar-refractivity contribution in [2.24, 2.45) is 5.73 Å². The molecule has 1 aromatic heterocycles. The molecule has 0 aliphatic rings. The van der Waals surface area contributed by atoms with Gasteiger partial charge in [-0.3, -0.25) is 0 Å². The predicted octanol–water partition coefficient (Wildman–Crippen LogP) is 4.87. The minimum absolute atomic E-state index is 0.0397. The average molecular weight is 303 g/mol. The van der Waals surface area contributed by atoms with Crippen LogP contribution in [0.5, 0.6) is 5.75 Å². The van der Waals surface area contributed by atoms with Crippen molar-refractivity contribution in [1.29, 1.82) is 0 Å². The Morgan fingerprint density at radius 3 is 2.43 bits per heavy atom. The third-order valence-electron chi connectivity index (χ3n) is 3.64. The molecule has 2 unspecified atom stereocenters. The topological polar surface area (TPSA) is 35.2 Å². The van der Waals surface area contributed by atoms with E-state index in [1.54, 1.807) is 11.3 Å². The van der Waals surface area contributed by atoms with E-state index in [1.807, 2.05) is 6.92 Å². The van der Waals surface area contributed by atoms with Crippen molar-refractivity contribution in [2.45, 2.75) is 52.2 Å². The van der Waals surface area contributed by atoms with Gasteiger partial charge in [-0.1, -0.05) is 25.5 Å². The molecule has 1 aromatic carbocycles. The fourth-order valence-corrected chi connectivity index (χ4v) is 3.41. The lowest BCUT2D eigenvalue weighted by atomic mass is 10.1. The van der Waals surface area contributed by atoms with Crippen molar-refractivity contribution in [3.63, 3.8) is 0 Å². The van der Waals surface area contributed by atoms with Crippen molar-refractivity contribution in [2.75, 3.05) is 0 Å². The van der Waals surface area contributed by atoms with Crippen LogP contribution in [0.25, 0.3) is 0 Å². The van der Waals surface area contributed by atoms with E-state index in [-0.39, 0.29) is 12.1 Å². The number of unbranched alkanes of at least 4 members (excludes halogenated alkanes) is 1. The summed E-state index contributed by atoms with van der Waals surface area (Å²) in [5.74, 6) is 0.894. The Hall–Kier alpha value is -1.32. The number of hydrogen-bond acceptors (Lipinski definition) is 3. The van der Waals surface area contributed by atoms with Crippen LogP contribution in [0.4, 0.5) is 0 Å². The third kappa shape index (κ3) is 4.32. The molecule has 0 saturated carbocycles.